The number of thiazole rings is 1. The molecule has 0 fully saturated rings. The maximum Gasteiger partial charge on any atom is 0.253 e. The van der Waals surface area contributed by atoms with Crippen LogP contribution in [-0.4, -0.2) is 22.4 Å². The maximum atomic E-state index is 12.2. The van der Waals surface area contributed by atoms with Crippen molar-refractivity contribution in [3.63, 3.8) is 0 Å². The van der Waals surface area contributed by atoms with Crippen LogP contribution in [0.4, 0.5) is 5.69 Å². The summed E-state index contributed by atoms with van der Waals surface area (Å²) in [5, 5.41) is 5.77. The number of nitrogens with zero attached hydrogens (tertiary/aromatic N) is 1. The largest absolute Gasteiger partial charge is 0.399 e. The monoisotopic (exact) mass is 286 g/mol. The molecule has 0 aliphatic rings. The fourth-order valence-corrected chi connectivity index (χ4v) is 2.68. The van der Waals surface area contributed by atoms with Gasteiger partial charge in [0, 0.05) is 41.1 Å². The van der Waals surface area contributed by atoms with Crippen molar-refractivity contribution in [3.8, 4) is 0 Å². The second-order valence-corrected chi connectivity index (χ2v) is 5.21. The van der Waals surface area contributed by atoms with Crippen molar-refractivity contribution in [2.45, 2.75) is 6.42 Å². The predicted molar refractivity (Wildman–Crippen MR) is 80.9 cm³/mol. The van der Waals surface area contributed by atoms with Gasteiger partial charge in [-0.15, -0.1) is 11.3 Å². The number of nitrogens with one attached hydrogen (secondary N) is 2. The van der Waals surface area contributed by atoms with Crippen molar-refractivity contribution in [2.75, 3.05) is 12.3 Å². The fraction of sp³-hybridized carbons (Fsp3) is 0.143. The van der Waals surface area contributed by atoms with Gasteiger partial charge in [-0.05, 0) is 18.2 Å². The highest BCUT2D eigenvalue weighted by atomic mass is 32.1. The number of rotatable bonds is 4. The molecule has 0 atom stereocenters. The molecule has 0 radical (unpaired) electrons. The fourth-order valence-electron chi connectivity index (χ4n) is 2.09. The number of hydrogen-bond donors (Lipinski definition) is 3. The van der Waals surface area contributed by atoms with Crippen molar-refractivity contribution in [3.05, 3.63) is 46.5 Å². The molecule has 0 saturated carbocycles. The SMILES string of the molecule is Nc1ccc2c(C(=O)NCCc3cscn3)c[nH]c2c1. The number of nitrogen functional groups attached to an aromatic ring is 1. The number of anilines is 1. The molecule has 6 heteroatoms. The summed E-state index contributed by atoms with van der Waals surface area (Å²) in [6, 6.07) is 5.47. The van der Waals surface area contributed by atoms with Crippen LogP contribution in [0, 0.1) is 0 Å². The van der Waals surface area contributed by atoms with Gasteiger partial charge in [0.1, 0.15) is 0 Å². The number of benzene rings is 1. The minimum Gasteiger partial charge on any atom is -0.399 e. The lowest BCUT2D eigenvalue weighted by Crippen LogP contribution is -2.25. The third kappa shape index (κ3) is 2.50. The number of carbonyl (C=O) groups excluding carboxylic acids is 1. The highest BCUT2D eigenvalue weighted by Crippen LogP contribution is 2.20. The Labute approximate surface area is 119 Å². The Morgan fingerprint density at radius 2 is 2.35 bits per heavy atom. The molecule has 0 aliphatic carbocycles. The van der Waals surface area contributed by atoms with Gasteiger partial charge in [-0.2, -0.15) is 0 Å². The first-order chi connectivity index (χ1) is 9.74. The minimum atomic E-state index is -0.0868. The molecule has 5 nitrogen and oxygen atoms in total. The average Bonchev–Trinajstić information content (AvgIpc) is 3.07. The molecular weight excluding hydrogens is 272 g/mol. The number of nitrogens with two attached hydrogens (primary N) is 1. The number of fused-ring (bicyclic) bond motifs is 1. The van der Waals surface area contributed by atoms with Crippen molar-refractivity contribution in [2.24, 2.45) is 0 Å². The van der Waals surface area contributed by atoms with Crippen molar-refractivity contribution < 1.29 is 4.79 Å². The lowest BCUT2D eigenvalue weighted by atomic mass is 10.1. The van der Waals surface area contributed by atoms with Crippen LogP contribution < -0.4 is 11.1 Å². The molecule has 1 aromatic carbocycles. The molecule has 1 amide bonds. The summed E-state index contributed by atoms with van der Waals surface area (Å²) < 4.78 is 0. The van der Waals surface area contributed by atoms with Gasteiger partial charge in [-0.25, -0.2) is 4.98 Å². The molecule has 0 spiro atoms. The normalized spacial score (nSPS) is 10.8. The molecule has 2 heterocycles. The van der Waals surface area contributed by atoms with Crippen LogP contribution in [0.1, 0.15) is 16.1 Å². The van der Waals surface area contributed by atoms with Crippen LogP contribution in [0.5, 0.6) is 0 Å². The number of carbonyl (C=O) groups is 1. The Bertz CT molecular complexity index is 733. The number of H-pyrrole nitrogens is 1. The first-order valence-corrected chi connectivity index (χ1v) is 7.20. The van der Waals surface area contributed by atoms with Gasteiger partial charge in [-0.1, -0.05) is 0 Å². The predicted octanol–water partition coefficient (Wildman–Crippen LogP) is 2.18. The summed E-state index contributed by atoms with van der Waals surface area (Å²) in [7, 11) is 0. The summed E-state index contributed by atoms with van der Waals surface area (Å²) >= 11 is 1.56. The first kappa shape index (κ1) is 12.7. The van der Waals surface area contributed by atoms with Crippen LogP contribution in [0.15, 0.2) is 35.3 Å². The Kier molecular flexibility index (Phi) is 3.39. The Hall–Kier alpha value is -2.34. The molecule has 3 rings (SSSR count). The second-order valence-electron chi connectivity index (χ2n) is 4.49. The highest BCUT2D eigenvalue weighted by molar-refractivity contribution is 7.07. The van der Waals surface area contributed by atoms with Crippen molar-refractivity contribution in [1.29, 1.82) is 0 Å². The van der Waals surface area contributed by atoms with Crippen molar-refractivity contribution in [1.82, 2.24) is 15.3 Å². The van der Waals surface area contributed by atoms with Gasteiger partial charge < -0.3 is 16.0 Å². The van der Waals surface area contributed by atoms with Gasteiger partial charge in [0.05, 0.1) is 16.8 Å². The summed E-state index contributed by atoms with van der Waals surface area (Å²) in [6.07, 6.45) is 2.45. The van der Waals surface area contributed by atoms with E-state index in [9.17, 15) is 4.79 Å². The van der Waals surface area contributed by atoms with E-state index >= 15 is 0 Å². The topological polar surface area (TPSA) is 83.8 Å². The molecule has 0 unspecified atom stereocenters. The van der Waals surface area contributed by atoms with E-state index in [-0.39, 0.29) is 5.91 Å². The molecule has 0 saturated heterocycles. The molecule has 4 N–H and O–H groups in total. The zero-order valence-corrected chi connectivity index (χ0v) is 11.5. The van der Waals surface area contributed by atoms with Gasteiger partial charge in [0.2, 0.25) is 0 Å². The lowest BCUT2D eigenvalue weighted by Gasteiger charge is -2.03. The number of aromatic nitrogens is 2. The van der Waals surface area contributed by atoms with Crippen LogP contribution in [-0.2, 0) is 6.42 Å². The summed E-state index contributed by atoms with van der Waals surface area (Å²) in [6.45, 7) is 0.574. The third-order valence-corrected chi connectivity index (χ3v) is 3.74. The van der Waals surface area contributed by atoms with E-state index in [0.29, 0.717) is 17.8 Å². The second kappa shape index (κ2) is 5.34. The van der Waals surface area contributed by atoms with E-state index in [4.69, 9.17) is 5.73 Å². The van der Waals surface area contributed by atoms with Gasteiger partial charge in [-0.3, -0.25) is 4.79 Å². The zero-order chi connectivity index (χ0) is 13.9. The summed E-state index contributed by atoms with van der Waals surface area (Å²) in [5.74, 6) is -0.0868. The Morgan fingerprint density at radius 3 is 3.15 bits per heavy atom. The summed E-state index contributed by atoms with van der Waals surface area (Å²) in [5.41, 5.74) is 10.7. The number of aromatic amines is 1. The summed E-state index contributed by atoms with van der Waals surface area (Å²) in [4.78, 5) is 19.4. The zero-order valence-electron chi connectivity index (χ0n) is 10.7. The van der Waals surface area contributed by atoms with Crippen LogP contribution in [0.3, 0.4) is 0 Å². The highest BCUT2D eigenvalue weighted by Gasteiger charge is 2.11. The molecule has 0 aliphatic heterocycles. The quantitative estimate of drug-likeness (QED) is 0.643. The van der Waals surface area contributed by atoms with E-state index in [1.54, 1.807) is 29.1 Å². The van der Waals surface area contributed by atoms with Crippen LogP contribution >= 0.6 is 11.3 Å². The van der Waals surface area contributed by atoms with E-state index in [0.717, 1.165) is 23.0 Å². The number of amides is 1. The van der Waals surface area contributed by atoms with Gasteiger partial charge in [0.15, 0.2) is 0 Å². The van der Waals surface area contributed by atoms with Crippen LogP contribution in [0.25, 0.3) is 10.9 Å². The van der Waals surface area contributed by atoms with Gasteiger partial charge >= 0.3 is 0 Å². The smallest absolute Gasteiger partial charge is 0.253 e. The Balaban J connectivity index is 1.69. The van der Waals surface area contributed by atoms with E-state index < -0.39 is 0 Å². The van der Waals surface area contributed by atoms with Crippen LogP contribution in [0.2, 0.25) is 0 Å². The minimum absolute atomic E-state index is 0.0868. The van der Waals surface area contributed by atoms with Gasteiger partial charge in [0.25, 0.3) is 5.91 Å². The number of hydrogen-bond acceptors (Lipinski definition) is 4. The Morgan fingerprint density at radius 1 is 1.45 bits per heavy atom. The molecule has 2 aromatic heterocycles. The molecule has 20 heavy (non-hydrogen) atoms. The van der Waals surface area contributed by atoms with E-state index in [1.807, 2.05) is 17.5 Å². The molecule has 102 valence electrons. The molecular formula is C14H14N4OS. The van der Waals surface area contributed by atoms with E-state index in [2.05, 4.69) is 15.3 Å². The molecule has 0 bridgehead atoms. The first-order valence-electron chi connectivity index (χ1n) is 6.26. The van der Waals surface area contributed by atoms with Crippen molar-refractivity contribution >= 4 is 33.8 Å². The third-order valence-electron chi connectivity index (χ3n) is 3.10. The average molecular weight is 286 g/mol. The standard InChI is InChI=1S/C14H14N4OS/c15-9-1-2-11-12(6-17-13(11)5-9)14(19)16-4-3-10-7-20-8-18-10/h1-2,5-8,17H,3-4,15H2,(H,16,19). The van der Waals surface area contributed by atoms with E-state index in [1.165, 1.54) is 0 Å². The molecule has 3 aromatic rings. The maximum absolute atomic E-state index is 12.2. The lowest BCUT2D eigenvalue weighted by molar-refractivity contribution is 0.0956.